The summed E-state index contributed by atoms with van der Waals surface area (Å²) in [6.07, 6.45) is -2.82. The molecule has 0 spiro atoms. The van der Waals surface area contributed by atoms with Crippen molar-refractivity contribution in [1.29, 1.82) is 0 Å². The predicted molar refractivity (Wildman–Crippen MR) is 64.6 cm³/mol. The third-order valence-electron chi connectivity index (χ3n) is 2.53. The highest BCUT2D eigenvalue weighted by Crippen LogP contribution is 2.19. The van der Waals surface area contributed by atoms with Crippen LogP contribution in [0.2, 0.25) is 0 Å². The van der Waals surface area contributed by atoms with Crippen molar-refractivity contribution >= 4 is 11.7 Å². The van der Waals surface area contributed by atoms with Crippen LogP contribution in [0.15, 0.2) is 24.3 Å². The summed E-state index contributed by atoms with van der Waals surface area (Å²) < 4.78 is 0. The van der Waals surface area contributed by atoms with E-state index < -0.39 is 18.1 Å². The third kappa shape index (κ3) is 3.63. The molecule has 0 fully saturated rings. The zero-order chi connectivity index (χ0) is 13.7. The van der Waals surface area contributed by atoms with Gasteiger partial charge < -0.3 is 21.7 Å². The zero-order valence-corrected chi connectivity index (χ0v) is 9.74. The Kier molecular flexibility index (Phi) is 4.96. The minimum atomic E-state index is -1.27. The number of nitrogens with two attached hydrogens (primary N) is 2. The smallest absolute Gasteiger partial charge is 0.220 e. The maximum atomic E-state index is 11.3. The van der Waals surface area contributed by atoms with Crippen LogP contribution in [0.5, 0.6) is 0 Å². The minimum absolute atomic E-state index is 0.0911. The lowest BCUT2D eigenvalue weighted by atomic mass is 9.99. The molecule has 6 nitrogen and oxygen atoms in total. The summed E-state index contributed by atoms with van der Waals surface area (Å²) in [7, 11) is 0. The Hall–Kier alpha value is -1.76. The van der Waals surface area contributed by atoms with E-state index in [0.717, 1.165) is 0 Å². The fraction of sp³-hybridized carbons (Fsp3) is 0.333. The average molecular weight is 252 g/mol. The summed E-state index contributed by atoms with van der Waals surface area (Å²) >= 11 is 0. The molecule has 2 unspecified atom stereocenters. The third-order valence-corrected chi connectivity index (χ3v) is 2.53. The van der Waals surface area contributed by atoms with Gasteiger partial charge in [-0.1, -0.05) is 24.3 Å². The average Bonchev–Trinajstić information content (AvgIpc) is 2.36. The molecular formula is C12H16N2O4. The molecule has 2 atom stereocenters. The van der Waals surface area contributed by atoms with Crippen LogP contribution in [0.4, 0.5) is 0 Å². The van der Waals surface area contributed by atoms with E-state index in [4.69, 9.17) is 11.5 Å². The van der Waals surface area contributed by atoms with Crippen molar-refractivity contribution in [3.8, 4) is 0 Å². The first-order chi connectivity index (χ1) is 8.45. The van der Waals surface area contributed by atoms with Crippen LogP contribution in [-0.2, 0) is 4.79 Å². The number of carbonyl (C=O) groups excluding carboxylic acids is 2. The van der Waals surface area contributed by atoms with Gasteiger partial charge in [0.25, 0.3) is 0 Å². The molecular weight excluding hydrogens is 236 g/mol. The van der Waals surface area contributed by atoms with Crippen molar-refractivity contribution < 1.29 is 19.8 Å². The molecule has 0 heterocycles. The largest absolute Gasteiger partial charge is 0.390 e. The SMILES string of the molecule is NCC(=O)c1ccc(C(O)C(O)CC(N)=O)cc1. The maximum Gasteiger partial charge on any atom is 0.220 e. The number of aliphatic hydroxyl groups is 2. The standard InChI is InChI=1S/C12H16N2O4/c13-6-10(16)7-1-3-8(4-2-7)12(18)9(15)5-11(14)17/h1-4,9,12,15,18H,5-6,13H2,(H2,14,17). The fourth-order valence-electron chi connectivity index (χ4n) is 1.52. The number of aliphatic hydroxyl groups excluding tert-OH is 2. The molecule has 1 rings (SSSR count). The van der Waals surface area contributed by atoms with E-state index in [9.17, 15) is 19.8 Å². The summed E-state index contributed by atoms with van der Waals surface area (Å²) in [5, 5.41) is 19.3. The van der Waals surface area contributed by atoms with Crippen LogP contribution >= 0.6 is 0 Å². The van der Waals surface area contributed by atoms with Gasteiger partial charge in [0, 0.05) is 5.56 Å². The number of hydrogen-bond acceptors (Lipinski definition) is 5. The molecule has 0 saturated heterocycles. The molecule has 6 heteroatoms. The number of Topliss-reactive ketones (excluding diaryl/α,β-unsaturated/α-hetero) is 1. The molecule has 0 bridgehead atoms. The van der Waals surface area contributed by atoms with Crippen molar-refractivity contribution in [2.75, 3.05) is 6.54 Å². The van der Waals surface area contributed by atoms with E-state index in [1.54, 1.807) is 0 Å². The van der Waals surface area contributed by atoms with Crippen LogP contribution in [0.1, 0.15) is 28.4 Å². The molecule has 98 valence electrons. The summed E-state index contributed by atoms with van der Waals surface area (Å²) in [5.41, 5.74) is 11.0. The first kappa shape index (κ1) is 14.3. The Labute approximate surface area is 104 Å². The van der Waals surface area contributed by atoms with Crippen LogP contribution < -0.4 is 11.5 Å². The van der Waals surface area contributed by atoms with Crippen molar-refractivity contribution in [2.45, 2.75) is 18.6 Å². The quantitative estimate of drug-likeness (QED) is 0.488. The number of carbonyl (C=O) groups is 2. The number of hydrogen-bond donors (Lipinski definition) is 4. The van der Waals surface area contributed by atoms with Crippen molar-refractivity contribution in [3.05, 3.63) is 35.4 Å². The molecule has 18 heavy (non-hydrogen) atoms. The van der Waals surface area contributed by atoms with Gasteiger partial charge in [-0.15, -0.1) is 0 Å². The zero-order valence-electron chi connectivity index (χ0n) is 9.74. The van der Waals surface area contributed by atoms with Crippen molar-refractivity contribution in [1.82, 2.24) is 0 Å². The normalized spacial score (nSPS) is 13.9. The van der Waals surface area contributed by atoms with Crippen LogP contribution in [0.3, 0.4) is 0 Å². The van der Waals surface area contributed by atoms with Crippen LogP contribution in [0, 0.1) is 0 Å². The molecule has 0 aliphatic rings. The van der Waals surface area contributed by atoms with Gasteiger partial charge in [0.1, 0.15) is 6.10 Å². The topological polar surface area (TPSA) is 127 Å². The summed E-state index contributed by atoms with van der Waals surface area (Å²) in [5.74, 6) is -0.912. The van der Waals surface area contributed by atoms with E-state index >= 15 is 0 Å². The molecule has 1 aromatic carbocycles. The molecule has 1 amide bonds. The lowest BCUT2D eigenvalue weighted by Crippen LogP contribution is -2.25. The molecule has 6 N–H and O–H groups in total. The van der Waals surface area contributed by atoms with Gasteiger partial charge in [0.05, 0.1) is 19.1 Å². The molecule has 0 radical (unpaired) electrons. The van der Waals surface area contributed by atoms with Gasteiger partial charge in [-0.05, 0) is 5.56 Å². The van der Waals surface area contributed by atoms with Gasteiger partial charge in [-0.25, -0.2) is 0 Å². The Balaban J connectivity index is 2.78. The molecule has 0 saturated carbocycles. The van der Waals surface area contributed by atoms with Gasteiger partial charge in [-0.2, -0.15) is 0 Å². The number of amides is 1. The summed E-state index contributed by atoms with van der Waals surface area (Å²) in [6.45, 7) is -0.0911. The highest BCUT2D eigenvalue weighted by atomic mass is 16.3. The molecule has 0 aliphatic carbocycles. The number of rotatable bonds is 6. The second-order valence-electron chi connectivity index (χ2n) is 3.93. The maximum absolute atomic E-state index is 11.3. The number of ketones is 1. The Bertz CT molecular complexity index is 430. The van der Waals surface area contributed by atoms with Gasteiger partial charge in [0.15, 0.2) is 5.78 Å². The molecule has 1 aromatic rings. The van der Waals surface area contributed by atoms with Crippen LogP contribution in [0.25, 0.3) is 0 Å². The van der Waals surface area contributed by atoms with E-state index in [1.807, 2.05) is 0 Å². The van der Waals surface area contributed by atoms with Crippen LogP contribution in [-0.4, -0.2) is 34.6 Å². The lowest BCUT2D eigenvalue weighted by Gasteiger charge is -2.16. The highest BCUT2D eigenvalue weighted by molar-refractivity contribution is 5.97. The Morgan fingerprint density at radius 1 is 1.17 bits per heavy atom. The van der Waals surface area contributed by atoms with Gasteiger partial charge in [0.2, 0.25) is 5.91 Å². The lowest BCUT2D eigenvalue weighted by molar-refractivity contribution is -0.121. The van der Waals surface area contributed by atoms with E-state index in [-0.39, 0.29) is 18.7 Å². The monoisotopic (exact) mass is 252 g/mol. The second-order valence-corrected chi connectivity index (χ2v) is 3.93. The van der Waals surface area contributed by atoms with E-state index in [2.05, 4.69) is 0 Å². The summed E-state index contributed by atoms with van der Waals surface area (Å²) in [6, 6.07) is 6.00. The first-order valence-corrected chi connectivity index (χ1v) is 5.43. The Morgan fingerprint density at radius 3 is 2.17 bits per heavy atom. The summed E-state index contributed by atoms with van der Waals surface area (Å²) in [4.78, 5) is 21.9. The van der Waals surface area contributed by atoms with E-state index in [0.29, 0.717) is 11.1 Å². The first-order valence-electron chi connectivity index (χ1n) is 5.43. The number of benzene rings is 1. The molecule has 0 aliphatic heterocycles. The van der Waals surface area contributed by atoms with Crippen molar-refractivity contribution in [2.24, 2.45) is 11.5 Å². The number of primary amides is 1. The predicted octanol–water partition coefficient (Wildman–Crippen LogP) is -0.902. The fourth-order valence-corrected chi connectivity index (χ4v) is 1.52. The van der Waals surface area contributed by atoms with Gasteiger partial charge in [-0.3, -0.25) is 9.59 Å². The molecule has 0 aromatic heterocycles. The second kappa shape index (κ2) is 6.25. The highest BCUT2D eigenvalue weighted by Gasteiger charge is 2.20. The Morgan fingerprint density at radius 2 is 1.72 bits per heavy atom. The van der Waals surface area contributed by atoms with Gasteiger partial charge >= 0.3 is 0 Å². The minimum Gasteiger partial charge on any atom is -0.390 e. The van der Waals surface area contributed by atoms with E-state index in [1.165, 1.54) is 24.3 Å². The van der Waals surface area contributed by atoms with Crippen molar-refractivity contribution in [3.63, 3.8) is 0 Å².